The standard InChI is InChI=1S/C23H15FN4O5S/c24-15-9-14(28(31)32)2-4-18(15)33-19-7-8-25-17-10-20(34-23(17)19)16-3-1-13(11-26-16)12-27-21(29)5-6-22(27)30/h1-4,7-11H,5-6,12H2. The van der Waals surface area contributed by atoms with Gasteiger partial charge in [0.1, 0.15) is 5.75 Å². The molecule has 11 heteroatoms. The van der Waals surface area contributed by atoms with Crippen LogP contribution in [0.5, 0.6) is 11.5 Å². The summed E-state index contributed by atoms with van der Waals surface area (Å²) >= 11 is 1.35. The maximum absolute atomic E-state index is 14.3. The fourth-order valence-corrected chi connectivity index (χ4v) is 4.61. The largest absolute Gasteiger partial charge is 0.453 e. The van der Waals surface area contributed by atoms with Crippen molar-refractivity contribution in [1.29, 1.82) is 0 Å². The number of hydrogen-bond acceptors (Lipinski definition) is 8. The molecule has 1 aliphatic rings. The lowest BCUT2D eigenvalue weighted by Gasteiger charge is -2.13. The monoisotopic (exact) mass is 478 g/mol. The number of pyridine rings is 2. The first-order valence-electron chi connectivity index (χ1n) is 10.2. The van der Waals surface area contributed by atoms with Gasteiger partial charge in [0.15, 0.2) is 11.6 Å². The number of nitrogens with zero attached hydrogens (tertiary/aromatic N) is 4. The number of imide groups is 1. The summed E-state index contributed by atoms with van der Waals surface area (Å²) in [4.78, 5) is 44.6. The van der Waals surface area contributed by atoms with Crippen molar-refractivity contribution in [3.05, 3.63) is 76.4 Å². The zero-order chi connectivity index (χ0) is 23.8. The summed E-state index contributed by atoms with van der Waals surface area (Å²) in [5, 5.41) is 10.8. The quantitative estimate of drug-likeness (QED) is 0.221. The van der Waals surface area contributed by atoms with Gasteiger partial charge in [-0.2, -0.15) is 0 Å². The average molecular weight is 478 g/mol. The molecular weight excluding hydrogens is 463 g/mol. The summed E-state index contributed by atoms with van der Waals surface area (Å²) in [5.74, 6) is -0.982. The number of nitro groups is 1. The smallest absolute Gasteiger partial charge is 0.272 e. The van der Waals surface area contributed by atoms with Crippen molar-refractivity contribution >= 4 is 39.1 Å². The topological polar surface area (TPSA) is 116 Å². The number of halogens is 1. The Morgan fingerprint density at radius 1 is 1.06 bits per heavy atom. The van der Waals surface area contributed by atoms with Crippen molar-refractivity contribution in [2.24, 2.45) is 0 Å². The Hall–Kier alpha value is -4.25. The molecule has 1 fully saturated rings. The number of amides is 2. The molecule has 3 aromatic heterocycles. The third-order valence-corrected chi connectivity index (χ3v) is 6.46. The van der Waals surface area contributed by atoms with Crippen LogP contribution in [0.15, 0.2) is 54.9 Å². The third-order valence-electron chi connectivity index (χ3n) is 5.29. The van der Waals surface area contributed by atoms with Crippen LogP contribution in [0.3, 0.4) is 0 Å². The van der Waals surface area contributed by atoms with E-state index in [1.807, 2.05) is 12.1 Å². The van der Waals surface area contributed by atoms with Crippen LogP contribution in [0.2, 0.25) is 0 Å². The van der Waals surface area contributed by atoms with Crippen LogP contribution >= 0.6 is 11.3 Å². The molecule has 4 heterocycles. The van der Waals surface area contributed by atoms with E-state index < -0.39 is 10.7 Å². The number of benzene rings is 1. The number of aromatic nitrogens is 2. The summed E-state index contributed by atoms with van der Waals surface area (Å²) in [6.07, 6.45) is 3.63. The van der Waals surface area contributed by atoms with Gasteiger partial charge >= 0.3 is 0 Å². The van der Waals surface area contributed by atoms with Crippen LogP contribution in [-0.2, 0) is 16.1 Å². The Morgan fingerprint density at radius 2 is 1.85 bits per heavy atom. The minimum absolute atomic E-state index is 0.137. The molecule has 0 atom stereocenters. The van der Waals surface area contributed by atoms with Gasteiger partial charge in [-0.1, -0.05) is 6.07 Å². The highest BCUT2D eigenvalue weighted by molar-refractivity contribution is 7.22. The molecule has 34 heavy (non-hydrogen) atoms. The summed E-state index contributed by atoms with van der Waals surface area (Å²) in [5.41, 5.74) is 1.66. The number of fused-ring (bicyclic) bond motifs is 1. The van der Waals surface area contributed by atoms with Crippen molar-refractivity contribution in [2.75, 3.05) is 0 Å². The van der Waals surface area contributed by atoms with Gasteiger partial charge in [-0.05, 0) is 23.8 Å². The van der Waals surface area contributed by atoms with Crippen LogP contribution in [0, 0.1) is 15.9 Å². The molecule has 9 nitrogen and oxygen atoms in total. The first kappa shape index (κ1) is 21.6. The number of nitro benzene ring substituents is 1. The molecule has 0 spiro atoms. The number of carbonyl (C=O) groups is 2. The van der Waals surface area contributed by atoms with Gasteiger partial charge in [-0.3, -0.25) is 34.6 Å². The predicted molar refractivity (Wildman–Crippen MR) is 121 cm³/mol. The normalized spacial score (nSPS) is 13.6. The average Bonchev–Trinajstić information content (AvgIpc) is 3.40. The van der Waals surface area contributed by atoms with E-state index in [9.17, 15) is 24.1 Å². The molecular formula is C23H15FN4O5S. The minimum atomic E-state index is -0.844. The van der Waals surface area contributed by atoms with E-state index in [1.54, 1.807) is 18.3 Å². The van der Waals surface area contributed by atoms with Crippen LogP contribution in [0.1, 0.15) is 18.4 Å². The van der Waals surface area contributed by atoms with Gasteiger partial charge in [-0.25, -0.2) is 4.39 Å². The van der Waals surface area contributed by atoms with Crippen molar-refractivity contribution in [1.82, 2.24) is 14.9 Å². The maximum atomic E-state index is 14.3. The second kappa shape index (κ2) is 8.60. The van der Waals surface area contributed by atoms with Gasteiger partial charge in [0, 0.05) is 37.4 Å². The molecule has 170 valence electrons. The van der Waals surface area contributed by atoms with Crippen LogP contribution in [0.4, 0.5) is 10.1 Å². The molecule has 0 unspecified atom stereocenters. The molecule has 1 saturated heterocycles. The third kappa shape index (κ3) is 4.08. The summed E-state index contributed by atoms with van der Waals surface area (Å²) in [6.45, 7) is 0.192. The zero-order valence-electron chi connectivity index (χ0n) is 17.4. The van der Waals surface area contributed by atoms with Gasteiger partial charge in [0.25, 0.3) is 5.69 Å². The van der Waals surface area contributed by atoms with Gasteiger partial charge in [-0.15, -0.1) is 11.3 Å². The number of likely N-dealkylation sites (tertiary alicyclic amines) is 1. The summed E-state index contributed by atoms with van der Waals surface area (Å²) in [7, 11) is 0. The number of thiophene rings is 1. The van der Waals surface area contributed by atoms with E-state index >= 15 is 0 Å². The highest BCUT2D eigenvalue weighted by Gasteiger charge is 2.28. The van der Waals surface area contributed by atoms with Crippen LogP contribution < -0.4 is 4.74 Å². The Kier molecular flexibility index (Phi) is 5.46. The van der Waals surface area contributed by atoms with Gasteiger partial charge < -0.3 is 4.74 Å². The number of carbonyl (C=O) groups excluding carboxylic acids is 2. The molecule has 1 aromatic carbocycles. The van der Waals surface area contributed by atoms with E-state index in [0.29, 0.717) is 21.7 Å². The zero-order valence-corrected chi connectivity index (χ0v) is 18.3. The first-order valence-corrected chi connectivity index (χ1v) is 11.0. The maximum Gasteiger partial charge on any atom is 0.272 e. The number of hydrogen-bond donors (Lipinski definition) is 0. The lowest BCUT2D eigenvalue weighted by atomic mass is 10.2. The fraction of sp³-hybridized carbons (Fsp3) is 0.130. The van der Waals surface area contributed by atoms with E-state index in [0.717, 1.165) is 16.5 Å². The highest BCUT2D eigenvalue weighted by atomic mass is 32.1. The Labute approximate surface area is 195 Å². The van der Waals surface area contributed by atoms with E-state index in [1.165, 1.54) is 34.6 Å². The molecule has 0 aliphatic carbocycles. The van der Waals surface area contributed by atoms with E-state index in [2.05, 4.69) is 9.97 Å². The summed E-state index contributed by atoms with van der Waals surface area (Å²) in [6, 6.07) is 10.2. The minimum Gasteiger partial charge on any atom is -0.453 e. The van der Waals surface area contributed by atoms with Crippen LogP contribution in [-0.4, -0.2) is 31.6 Å². The second-order valence-corrected chi connectivity index (χ2v) is 8.59. The molecule has 4 aromatic rings. The molecule has 1 aliphatic heterocycles. The van der Waals surface area contributed by atoms with E-state index in [4.69, 9.17) is 4.74 Å². The molecule has 2 amide bonds. The van der Waals surface area contributed by atoms with Gasteiger partial charge in [0.2, 0.25) is 11.8 Å². The Bertz CT molecular complexity index is 1440. The molecule has 0 N–H and O–H groups in total. The predicted octanol–water partition coefficient (Wildman–Crippen LogP) is 4.85. The van der Waals surface area contributed by atoms with Crippen molar-refractivity contribution in [3.8, 4) is 22.1 Å². The number of rotatable bonds is 6. The van der Waals surface area contributed by atoms with E-state index in [-0.39, 0.29) is 42.6 Å². The molecule has 0 saturated carbocycles. The fourth-order valence-electron chi connectivity index (χ4n) is 3.57. The first-order chi connectivity index (χ1) is 16.4. The van der Waals surface area contributed by atoms with Gasteiger partial charge in [0.05, 0.1) is 38.3 Å². The molecule has 0 radical (unpaired) electrons. The number of non-ortho nitro benzene ring substituents is 1. The Morgan fingerprint density at radius 3 is 2.53 bits per heavy atom. The molecule has 5 rings (SSSR count). The SMILES string of the molecule is O=C1CCC(=O)N1Cc1ccc(-c2cc3nccc(Oc4ccc([N+](=O)[O-])cc4F)c3s2)nc1. The summed E-state index contributed by atoms with van der Waals surface area (Å²) < 4.78 is 20.7. The lowest BCUT2D eigenvalue weighted by molar-refractivity contribution is -0.385. The van der Waals surface area contributed by atoms with Crippen LogP contribution in [0.25, 0.3) is 20.8 Å². The lowest BCUT2D eigenvalue weighted by Crippen LogP contribution is -2.28. The van der Waals surface area contributed by atoms with Crippen molar-refractivity contribution in [2.45, 2.75) is 19.4 Å². The number of ether oxygens (including phenoxy) is 1. The highest BCUT2D eigenvalue weighted by Crippen LogP contribution is 2.39. The van der Waals surface area contributed by atoms with Crippen molar-refractivity contribution in [3.63, 3.8) is 0 Å². The Balaban J connectivity index is 1.40. The van der Waals surface area contributed by atoms with Crippen molar-refractivity contribution < 1.29 is 23.6 Å². The second-order valence-electron chi connectivity index (χ2n) is 7.53. The molecule has 0 bridgehead atoms.